The number of imidazole rings is 1. The van der Waals surface area contributed by atoms with Crippen molar-refractivity contribution in [1.82, 2.24) is 24.7 Å². The van der Waals surface area contributed by atoms with Crippen LogP contribution in [0.5, 0.6) is 11.8 Å². The number of hydrogen-bond donors (Lipinski definition) is 1. The summed E-state index contributed by atoms with van der Waals surface area (Å²) in [5.74, 6) is 0.00905. The number of phenolic OH excluding ortho intramolecular Hbond substituents is 1. The topological polar surface area (TPSA) is 86.0 Å². The second-order valence-corrected chi connectivity index (χ2v) is 7.88. The monoisotopic (exact) mass is 415 g/mol. The van der Waals surface area contributed by atoms with Gasteiger partial charge in [-0.1, -0.05) is 18.9 Å². The molecular weight excluding hydrogens is 392 g/mol. The molecule has 7 nitrogen and oxygen atoms in total. The van der Waals surface area contributed by atoms with Crippen LogP contribution in [0.4, 0.5) is 8.78 Å². The number of alkyl halides is 2. The molecule has 1 saturated carbocycles. The first kappa shape index (κ1) is 20.2. The summed E-state index contributed by atoms with van der Waals surface area (Å²) in [6.45, 7) is 3.69. The standard InChI is InChI=1S/C21H23F2N5O2/c1-3-21(2)10-18(15(22)9-19(21)23)30-20-25-11-16(26-27-20)14-5-4-13(8-17(14)29)28-7-6-24-12-28/h4-8,11-12,15,18-19,29H,3,9-10H2,1-2H3/t15-,18-,19+,21+/m1/s1. The molecular formula is C21H23F2N5O2. The molecule has 9 heteroatoms. The second kappa shape index (κ2) is 7.97. The zero-order valence-electron chi connectivity index (χ0n) is 16.7. The van der Waals surface area contributed by atoms with Crippen LogP contribution in [-0.2, 0) is 0 Å². The third kappa shape index (κ3) is 3.83. The number of hydrogen-bond acceptors (Lipinski definition) is 6. The lowest BCUT2D eigenvalue weighted by Crippen LogP contribution is -2.47. The summed E-state index contributed by atoms with van der Waals surface area (Å²) < 4.78 is 35.9. The highest BCUT2D eigenvalue weighted by atomic mass is 19.1. The van der Waals surface area contributed by atoms with Gasteiger partial charge in [0.15, 0.2) is 0 Å². The molecule has 0 unspecified atom stereocenters. The van der Waals surface area contributed by atoms with Crippen LogP contribution in [0.1, 0.15) is 33.1 Å². The van der Waals surface area contributed by atoms with E-state index in [1.165, 1.54) is 6.20 Å². The Kier molecular flexibility index (Phi) is 5.36. The normalized spacial score (nSPS) is 26.5. The van der Waals surface area contributed by atoms with Crippen LogP contribution in [-0.4, -0.2) is 48.3 Å². The van der Waals surface area contributed by atoms with E-state index in [0.717, 1.165) is 5.69 Å². The molecule has 0 spiro atoms. The van der Waals surface area contributed by atoms with Gasteiger partial charge in [-0.25, -0.2) is 18.7 Å². The SMILES string of the molecule is CC[C@@]1(C)C[C@@H](Oc2ncc(-c3ccc(-n4ccnc4)cc3O)nn2)[C@H](F)C[C@@H]1F. The lowest BCUT2D eigenvalue weighted by molar-refractivity contribution is -0.0498. The van der Waals surface area contributed by atoms with Crippen LogP contribution in [0.2, 0.25) is 0 Å². The Labute approximate surface area is 172 Å². The molecule has 0 amide bonds. The number of nitrogens with zero attached hydrogens (tertiary/aromatic N) is 5. The number of ether oxygens (including phenoxy) is 1. The van der Waals surface area contributed by atoms with E-state index >= 15 is 0 Å². The van der Waals surface area contributed by atoms with Crippen LogP contribution >= 0.6 is 0 Å². The van der Waals surface area contributed by atoms with E-state index in [2.05, 4.69) is 20.2 Å². The molecule has 4 rings (SSSR count). The summed E-state index contributed by atoms with van der Waals surface area (Å²) in [6.07, 6.45) is 3.62. The number of benzene rings is 1. The van der Waals surface area contributed by atoms with Crippen molar-refractivity contribution in [3.8, 4) is 28.7 Å². The van der Waals surface area contributed by atoms with Crippen LogP contribution in [0.15, 0.2) is 43.1 Å². The van der Waals surface area contributed by atoms with Crippen LogP contribution in [0.3, 0.4) is 0 Å². The molecule has 1 aliphatic rings. The summed E-state index contributed by atoms with van der Waals surface area (Å²) >= 11 is 0. The van der Waals surface area contributed by atoms with Gasteiger partial charge < -0.3 is 14.4 Å². The van der Waals surface area contributed by atoms with Crippen molar-refractivity contribution in [2.75, 3.05) is 0 Å². The largest absolute Gasteiger partial charge is 0.507 e. The minimum Gasteiger partial charge on any atom is -0.507 e. The molecule has 2 aromatic heterocycles. The molecule has 2 heterocycles. The van der Waals surface area contributed by atoms with E-state index < -0.39 is 23.9 Å². The Hall–Kier alpha value is -3.10. The molecule has 1 fully saturated rings. The summed E-state index contributed by atoms with van der Waals surface area (Å²) in [7, 11) is 0. The zero-order valence-corrected chi connectivity index (χ0v) is 16.7. The van der Waals surface area contributed by atoms with Gasteiger partial charge >= 0.3 is 6.01 Å². The molecule has 1 aromatic carbocycles. The highest BCUT2D eigenvalue weighted by Gasteiger charge is 2.46. The maximum Gasteiger partial charge on any atom is 0.336 e. The Balaban J connectivity index is 1.49. The zero-order chi connectivity index (χ0) is 21.3. The van der Waals surface area contributed by atoms with Gasteiger partial charge in [-0.3, -0.25) is 0 Å². The fourth-order valence-electron chi connectivity index (χ4n) is 3.72. The smallest absolute Gasteiger partial charge is 0.336 e. The molecule has 1 aliphatic carbocycles. The van der Waals surface area contributed by atoms with Gasteiger partial charge in [0.25, 0.3) is 0 Å². The molecule has 3 aromatic rings. The van der Waals surface area contributed by atoms with Crippen molar-refractivity contribution in [3.05, 3.63) is 43.1 Å². The highest BCUT2D eigenvalue weighted by molar-refractivity contribution is 5.67. The number of rotatable bonds is 5. The molecule has 0 radical (unpaired) electrons. The fraction of sp³-hybridized carbons (Fsp3) is 0.429. The lowest BCUT2D eigenvalue weighted by Gasteiger charge is -2.41. The van der Waals surface area contributed by atoms with Crippen molar-refractivity contribution in [2.45, 2.75) is 51.6 Å². The molecule has 1 N–H and O–H groups in total. The molecule has 0 saturated heterocycles. The predicted octanol–water partition coefficient (Wildman–Crippen LogP) is 4.06. The maximum atomic E-state index is 14.3. The van der Waals surface area contributed by atoms with Gasteiger partial charge in [-0.05, 0) is 25.0 Å². The second-order valence-electron chi connectivity index (χ2n) is 7.88. The van der Waals surface area contributed by atoms with E-state index in [1.807, 2.05) is 6.92 Å². The van der Waals surface area contributed by atoms with Crippen molar-refractivity contribution in [1.29, 1.82) is 0 Å². The van der Waals surface area contributed by atoms with Crippen molar-refractivity contribution >= 4 is 0 Å². The van der Waals surface area contributed by atoms with E-state index in [-0.39, 0.29) is 24.6 Å². The maximum absolute atomic E-state index is 14.3. The van der Waals surface area contributed by atoms with Crippen LogP contribution in [0.25, 0.3) is 16.9 Å². The molecule has 30 heavy (non-hydrogen) atoms. The average Bonchev–Trinajstić information content (AvgIpc) is 3.28. The van der Waals surface area contributed by atoms with Crippen LogP contribution < -0.4 is 4.74 Å². The molecule has 158 valence electrons. The van der Waals surface area contributed by atoms with E-state index in [9.17, 15) is 13.9 Å². The number of phenols is 1. The van der Waals surface area contributed by atoms with Crippen LogP contribution in [0, 0.1) is 5.41 Å². The summed E-state index contributed by atoms with van der Waals surface area (Å²) in [5.41, 5.74) is 0.902. The van der Waals surface area contributed by atoms with Gasteiger partial charge in [0.05, 0.1) is 18.2 Å². The van der Waals surface area contributed by atoms with E-state index in [4.69, 9.17) is 4.74 Å². The fourth-order valence-corrected chi connectivity index (χ4v) is 3.72. The molecule has 4 atom stereocenters. The van der Waals surface area contributed by atoms with E-state index in [0.29, 0.717) is 17.7 Å². The van der Waals surface area contributed by atoms with Crippen molar-refractivity contribution in [2.24, 2.45) is 5.41 Å². The number of aromatic nitrogens is 5. The van der Waals surface area contributed by atoms with Gasteiger partial charge in [0.1, 0.15) is 29.9 Å². The first-order valence-electron chi connectivity index (χ1n) is 9.86. The van der Waals surface area contributed by atoms with Crippen molar-refractivity contribution < 1.29 is 18.6 Å². The summed E-state index contributed by atoms with van der Waals surface area (Å²) in [6, 6.07) is 5.01. The summed E-state index contributed by atoms with van der Waals surface area (Å²) in [5, 5.41) is 18.3. The Morgan fingerprint density at radius 2 is 2.13 bits per heavy atom. The Bertz CT molecular complexity index is 999. The van der Waals surface area contributed by atoms with Gasteiger partial charge in [0, 0.05) is 35.9 Å². The Morgan fingerprint density at radius 1 is 1.30 bits per heavy atom. The molecule has 0 bridgehead atoms. The minimum absolute atomic E-state index is 0.00905. The number of halogens is 2. The lowest BCUT2D eigenvalue weighted by atomic mass is 9.70. The number of aromatic hydroxyl groups is 1. The average molecular weight is 415 g/mol. The van der Waals surface area contributed by atoms with E-state index in [1.54, 1.807) is 48.4 Å². The van der Waals surface area contributed by atoms with Gasteiger partial charge in [-0.2, -0.15) is 0 Å². The van der Waals surface area contributed by atoms with Gasteiger partial charge in [0.2, 0.25) is 0 Å². The quantitative estimate of drug-likeness (QED) is 0.676. The molecule has 0 aliphatic heterocycles. The summed E-state index contributed by atoms with van der Waals surface area (Å²) in [4.78, 5) is 8.08. The van der Waals surface area contributed by atoms with Gasteiger partial charge in [-0.15, -0.1) is 5.10 Å². The third-order valence-electron chi connectivity index (χ3n) is 5.92. The highest BCUT2D eigenvalue weighted by Crippen LogP contribution is 2.43. The third-order valence-corrected chi connectivity index (χ3v) is 5.92. The first-order chi connectivity index (χ1) is 14.4. The predicted molar refractivity (Wildman–Crippen MR) is 106 cm³/mol. The van der Waals surface area contributed by atoms with Crippen molar-refractivity contribution in [3.63, 3.8) is 0 Å². The minimum atomic E-state index is -1.43. The first-order valence-corrected chi connectivity index (χ1v) is 9.86. The Morgan fingerprint density at radius 3 is 2.77 bits per heavy atom.